The Morgan fingerprint density at radius 2 is 1.80 bits per heavy atom. The van der Waals surface area contributed by atoms with E-state index in [2.05, 4.69) is 20.1 Å². The first-order valence-electron chi connectivity index (χ1n) is 9.18. The minimum Gasteiger partial charge on any atom is -0.406 e. The molecule has 0 aliphatic carbocycles. The average Bonchev–Trinajstić information content (AvgIpc) is 3.07. The Kier molecular flexibility index (Phi) is 5.82. The average molecular weight is 418 g/mol. The molecule has 0 aliphatic heterocycles. The number of amides is 1. The summed E-state index contributed by atoms with van der Waals surface area (Å²) >= 11 is 0. The number of nitrogens with one attached hydrogen (secondary N) is 1. The maximum Gasteiger partial charge on any atom is 0.573 e. The minimum absolute atomic E-state index is 0.0233. The highest BCUT2D eigenvalue weighted by molar-refractivity contribution is 5.91. The molecule has 30 heavy (non-hydrogen) atoms. The van der Waals surface area contributed by atoms with E-state index >= 15 is 0 Å². The number of rotatable bonds is 5. The normalized spacial score (nSPS) is 11.9. The van der Waals surface area contributed by atoms with Gasteiger partial charge in [0.2, 0.25) is 5.91 Å². The third-order valence-electron chi connectivity index (χ3n) is 4.13. The lowest BCUT2D eigenvalue weighted by atomic mass is 9.92. The predicted molar refractivity (Wildman–Crippen MR) is 106 cm³/mol. The smallest absolute Gasteiger partial charge is 0.406 e. The second-order valence-electron chi connectivity index (χ2n) is 7.68. The number of carbonyl (C=O) groups excluding carboxylic acids is 1. The summed E-state index contributed by atoms with van der Waals surface area (Å²) in [5.74, 6) is 0.337. The number of anilines is 1. The number of aromatic nitrogens is 3. The molecule has 0 aliphatic rings. The summed E-state index contributed by atoms with van der Waals surface area (Å²) in [6.07, 6.45) is -3.15. The first-order valence-corrected chi connectivity index (χ1v) is 9.18. The predicted octanol–water partition coefficient (Wildman–Crippen LogP) is 4.64. The van der Waals surface area contributed by atoms with Crippen LogP contribution in [0.25, 0.3) is 5.82 Å². The molecule has 6 nitrogen and oxygen atoms in total. The van der Waals surface area contributed by atoms with Crippen LogP contribution in [0.15, 0.2) is 54.7 Å². The van der Waals surface area contributed by atoms with Crippen LogP contribution in [0.5, 0.6) is 5.75 Å². The van der Waals surface area contributed by atoms with Crippen molar-refractivity contribution in [2.75, 3.05) is 5.32 Å². The van der Waals surface area contributed by atoms with Crippen molar-refractivity contribution in [3.05, 3.63) is 66.0 Å². The summed E-state index contributed by atoms with van der Waals surface area (Å²) in [5.41, 5.74) is 1.08. The van der Waals surface area contributed by atoms with E-state index in [0.717, 1.165) is 5.69 Å². The second-order valence-corrected chi connectivity index (χ2v) is 7.68. The SMILES string of the molecule is CC(C)(C)c1cc(NC(=O)Cc2ccc(OC(F)(F)F)cc2)n(-c2ccccn2)n1. The Morgan fingerprint density at radius 1 is 1.10 bits per heavy atom. The molecule has 3 rings (SSSR count). The van der Waals surface area contributed by atoms with Crippen molar-refractivity contribution in [2.24, 2.45) is 0 Å². The summed E-state index contributed by atoms with van der Waals surface area (Å²) in [4.78, 5) is 16.8. The second kappa shape index (κ2) is 8.17. The van der Waals surface area contributed by atoms with Crippen LogP contribution in [0.1, 0.15) is 32.0 Å². The molecule has 0 unspecified atom stereocenters. The number of benzene rings is 1. The van der Waals surface area contributed by atoms with Gasteiger partial charge in [-0.05, 0) is 29.8 Å². The van der Waals surface area contributed by atoms with Gasteiger partial charge < -0.3 is 10.1 Å². The largest absolute Gasteiger partial charge is 0.573 e. The van der Waals surface area contributed by atoms with Gasteiger partial charge in [-0.1, -0.05) is 39.0 Å². The number of carbonyl (C=O) groups is 1. The summed E-state index contributed by atoms with van der Waals surface area (Å²) < 4.78 is 42.2. The Hall–Kier alpha value is -3.36. The molecule has 0 fully saturated rings. The molecule has 0 spiro atoms. The lowest BCUT2D eigenvalue weighted by Crippen LogP contribution is -2.18. The number of ether oxygens (including phenoxy) is 1. The molecule has 0 atom stereocenters. The zero-order valence-electron chi connectivity index (χ0n) is 16.7. The van der Waals surface area contributed by atoms with Gasteiger partial charge in [0.15, 0.2) is 5.82 Å². The van der Waals surface area contributed by atoms with E-state index in [-0.39, 0.29) is 23.5 Å². The van der Waals surface area contributed by atoms with Crippen molar-refractivity contribution in [3.8, 4) is 11.6 Å². The van der Waals surface area contributed by atoms with Gasteiger partial charge in [0, 0.05) is 17.7 Å². The molecule has 0 saturated heterocycles. The number of alkyl halides is 3. The van der Waals surface area contributed by atoms with Crippen molar-refractivity contribution in [1.29, 1.82) is 0 Å². The van der Waals surface area contributed by atoms with Crippen LogP contribution in [-0.4, -0.2) is 27.0 Å². The zero-order chi connectivity index (χ0) is 21.9. The van der Waals surface area contributed by atoms with Crippen LogP contribution in [0.4, 0.5) is 19.0 Å². The molecule has 9 heteroatoms. The van der Waals surface area contributed by atoms with E-state index in [4.69, 9.17) is 0 Å². The molecule has 0 radical (unpaired) electrons. The molecule has 2 heterocycles. The Balaban J connectivity index is 1.77. The number of pyridine rings is 1. The standard InChI is InChI=1S/C21H21F3N4O2/c1-20(2,3)16-13-18(28(27-16)17-6-4-5-11-25-17)26-19(29)12-14-7-9-15(10-8-14)30-21(22,23)24/h4-11,13H,12H2,1-3H3,(H,26,29). The van der Waals surface area contributed by atoms with Gasteiger partial charge in [-0.15, -0.1) is 13.2 Å². The fourth-order valence-electron chi connectivity index (χ4n) is 2.67. The highest BCUT2D eigenvalue weighted by Crippen LogP contribution is 2.26. The van der Waals surface area contributed by atoms with Gasteiger partial charge in [-0.3, -0.25) is 4.79 Å². The van der Waals surface area contributed by atoms with E-state index in [9.17, 15) is 18.0 Å². The van der Waals surface area contributed by atoms with E-state index < -0.39 is 6.36 Å². The van der Waals surface area contributed by atoms with Crippen molar-refractivity contribution < 1.29 is 22.7 Å². The molecular formula is C21H21F3N4O2. The van der Waals surface area contributed by atoms with Gasteiger partial charge in [0.1, 0.15) is 11.6 Å². The minimum atomic E-state index is -4.76. The van der Waals surface area contributed by atoms with Gasteiger partial charge in [-0.2, -0.15) is 9.78 Å². The third kappa shape index (κ3) is 5.59. The first-order chi connectivity index (χ1) is 14.0. The highest BCUT2D eigenvalue weighted by Gasteiger charge is 2.31. The monoisotopic (exact) mass is 418 g/mol. The number of nitrogens with zero attached hydrogens (tertiary/aromatic N) is 3. The van der Waals surface area contributed by atoms with Crippen LogP contribution in [0.3, 0.4) is 0 Å². The first kappa shape index (κ1) is 21.4. The maximum absolute atomic E-state index is 12.6. The van der Waals surface area contributed by atoms with Crippen LogP contribution in [-0.2, 0) is 16.6 Å². The van der Waals surface area contributed by atoms with Crippen LogP contribution in [0, 0.1) is 0 Å². The molecule has 158 valence electrons. The molecule has 1 N–H and O–H groups in total. The van der Waals surface area contributed by atoms with Gasteiger partial charge in [0.05, 0.1) is 12.1 Å². The molecule has 2 aromatic heterocycles. The summed E-state index contributed by atoms with van der Waals surface area (Å²) in [7, 11) is 0. The van der Waals surface area contributed by atoms with E-state index in [0.29, 0.717) is 17.2 Å². The number of hydrogen-bond acceptors (Lipinski definition) is 4. The topological polar surface area (TPSA) is 69.0 Å². The number of hydrogen-bond donors (Lipinski definition) is 1. The Morgan fingerprint density at radius 3 is 2.37 bits per heavy atom. The molecule has 1 amide bonds. The van der Waals surface area contributed by atoms with E-state index in [1.807, 2.05) is 26.8 Å². The van der Waals surface area contributed by atoms with Gasteiger partial charge >= 0.3 is 6.36 Å². The molecule has 1 aromatic carbocycles. The molecule has 0 bridgehead atoms. The molecule has 0 saturated carbocycles. The third-order valence-corrected chi connectivity index (χ3v) is 4.13. The lowest BCUT2D eigenvalue weighted by molar-refractivity contribution is -0.274. The fraction of sp³-hybridized carbons (Fsp3) is 0.286. The van der Waals surface area contributed by atoms with Gasteiger partial charge in [0.25, 0.3) is 0 Å². The van der Waals surface area contributed by atoms with Crippen molar-refractivity contribution in [2.45, 2.75) is 39.0 Å². The van der Waals surface area contributed by atoms with Crippen molar-refractivity contribution in [1.82, 2.24) is 14.8 Å². The van der Waals surface area contributed by atoms with Crippen LogP contribution in [0.2, 0.25) is 0 Å². The fourth-order valence-corrected chi connectivity index (χ4v) is 2.67. The van der Waals surface area contributed by atoms with Crippen molar-refractivity contribution >= 4 is 11.7 Å². The molecule has 3 aromatic rings. The lowest BCUT2D eigenvalue weighted by Gasteiger charge is -2.13. The summed E-state index contributed by atoms with van der Waals surface area (Å²) in [5, 5.41) is 7.39. The number of halogens is 3. The van der Waals surface area contributed by atoms with Crippen LogP contribution < -0.4 is 10.1 Å². The Bertz CT molecular complexity index is 1010. The van der Waals surface area contributed by atoms with E-state index in [1.165, 1.54) is 24.3 Å². The quantitative estimate of drug-likeness (QED) is 0.655. The van der Waals surface area contributed by atoms with Crippen molar-refractivity contribution in [3.63, 3.8) is 0 Å². The summed E-state index contributed by atoms with van der Waals surface area (Å²) in [6.45, 7) is 6.02. The molecular weight excluding hydrogens is 397 g/mol. The van der Waals surface area contributed by atoms with Crippen LogP contribution >= 0.6 is 0 Å². The summed E-state index contributed by atoms with van der Waals surface area (Å²) in [6, 6.07) is 12.3. The Labute approximate surface area is 171 Å². The highest BCUT2D eigenvalue weighted by atomic mass is 19.4. The zero-order valence-corrected chi connectivity index (χ0v) is 16.7. The maximum atomic E-state index is 12.6. The van der Waals surface area contributed by atoms with E-state index in [1.54, 1.807) is 29.1 Å². The van der Waals surface area contributed by atoms with Gasteiger partial charge in [-0.25, -0.2) is 4.98 Å².